The van der Waals surface area contributed by atoms with Crippen LogP contribution >= 0.6 is 0 Å². The van der Waals surface area contributed by atoms with Crippen LogP contribution in [0.3, 0.4) is 0 Å². The third-order valence-electron chi connectivity index (χ3n) is 2.94. The van der Waals surface area contributed by atoms with Crippen LogP contribution in [-0.4, -0.2) is 25.2 Å². The zero-order chi connectivity index (χ0) is 14.0. The minimum atomic E-state index is -3.60. The highest BCUT2D eigenvalue weighted by molar-refractivity contribution is 7.92. The van der Waals surface area contributed by atoms with Gasteiger partial charge in [0.25, 0.3) is 10.0 Å². The van der Waals surface area contributed by atoms with E-state index in [1.165, 1.54) is 28.3 Å². The lowest BCUT2D eigenvalue weighted by Crippen LogP contribution is -2.28. The Balaban J connectivity index is 2.37. The molecule has 2 rings (SSSR count). The van der Waals surface area contributed by atoms with Gasteiger partial charge in [-0.05, 0) is 23.8 Å². The molecule has 0 fully saturated rings. The second-order valence-corrected chi connectivity index (χ2v) is 6.05. The molecule has 0 saturated heterocycles. The molecule has 102 valence electrons. The fourth-order valence-electron chi connectivity index (χ4n) is 1.74. The second kappa shape index (κ2) is 5.02. The van der Waals surface area contributed by atoms with E-state index in [2.05, 4.69) is 5.10 Å². The van der Waals surface area contributed by atoms with Gasteiger partial charge in [-0.2, -0.15) is 13.5 Å². The summed E-state index contributed by atoms with van der Waals surface area (Å²) >= 11 is 0. The summed E-state index contributed by atoms with van der Waals surface area (Å²) in [6.45, 7) is 0.429. The summed E-state index contributed by atoms with van der Waals surface area (Å²) in [4.78, 5) is 0. The normalized spacial score (nSPS) is 11.5. The Bertz CT molecular complexity index is 661. The van der Waals surface area contributed by atoms with Crippen LogP contribution in [0.25, 0.3) is 0 Å². The van der Waals surface area contributed by atoms with Crippen LogP contribution in [0.15, 0.2) is 41.6 Å². The molecule has 0 radical (unpaired) electrons. The molecule has 0 unspecified atom stereocenters. The molecule has 0 saturated carbocycles. The molecule has 7 heteroatoms. The first-order valence-corrected chi connectivity index (χ1v) is 7.17. The van der Waals surface area contributed by atoms with E-state index < -0.39 is 10.0 Å². The number of benzene rings is 1. The molecule has 1 aromatic carbocycles. The number of hydrogen-bond donors (Lipinski definition) is 1. The molecule has 1 heterocycles. The predicted octanol–water partition coefficient (Wildman–Crippen LogP) is 0.704. The monoisotopic (exact) mass is 280 g/mol. The highest BCUT2D eigenvalue weighted by Crippen LogP contribution is 2.21. The van der Waals surface area contributed by atoms with Gasteiger partial charge in [0.2, 0.25) is 0 Å². The molecule has 0 aliphatic carbocycles. The third-order valence-corrected chi connectivity index (χ3v) is 4.80. The summed E-state index contributed by atoms with van der Waals surface area (Å²) in [6, 6.07) is 8.56. The zero-order valence-electron chi connectivity index (χ0n) is 10.8. The van der Waals surface area contributed by atoms with E-state index in [4.69, 9.17) is 5.73 Å². The van der Waals surface area contributed by atoms with Crippen LogP contribution in [0, 0.1) is 0 Å². The third kappa shape index (κ3) is 2.47. The van der Waals surface area contributed by atoms with E-state index in [0.717, 1.165) is 5.56 Å². The fourth-order valence-corrected chi connectivity index (χ4v) is 3.03. The smallest absolute Gasteiger partial charge is 0.281 e. The van der Waals surface area contributed by atoms with Crippen molar-refractivity contribution in [2.75, 3.05) is 11.4 Å². The molecule has 0 atom stereocenters. The summed E-state index contributed by atoms with van der Waals surface area (Å²) in [6.07, 6.45) is 1.46. The van der Waals surface area contributed by atoms with Gasteiger partial charge in [0.1, 0.15) is 0 Å². The molecule has 2 aromatic rings. The molecule has 0 bridgehead atoms. The lowest BCUT2D eigenvalue weighted by molar-refractivity contribution is 0.575. The van der Waals surface area contributed by atoms with Gasteiger partial charge < -0.3 is 5.73 Å². The molecular weight excluding hydrogens is 264 g/mol. The first-order chi connectivity index (χ1) is 8.96. The van der Waals surface area contributed by atoms with Crippen LogP contribution in [0.5, 0.6) is 0 Å². The average Bonchev–Trinajstić information content (AvgIpc) is 2.85. The van der Waals surface area contributed by atoms with Crippen LogP contribution in [-0.2, 0) is 23.6 Å². The summed E-state index contributed by atoms with van der Waals surface area (Å²) in [5.41, 5.74) is 7.05. The fraction of sp³-hybridized carbons (Fsp3) is 0.250. The van der Waals surface area contributed by atoms with E-state index in [1.54, 1.807) is 19.2 Å². The van der Waals surface area contributed by atoms with Crippen molar-refractivity contribution < 1.29 is 8.42 Å². The Morgan fingerprint density at radius 1 is 1.26 bits per heavy atom. The van der Waals surface area contributed by atoms with E-state index in [1.807, 2.05) is 12.1 Å². The second-order valence-electron chi connectivity index (χ2n) is 4.14. The highest BCUT2D eigenvalue weighted by atomic mass is 32.2. The Morgan fingerprint density at radius 3 is 2.37 bits per heavy atom. The van der Waals surface area contributed by atoms with Gasteiger partial charge in [-0.1, -0.05) is 12.1 Å². The van der Waals surface area contributed by atoms with Crippen LogP contribution < -0.4 is 10.0 Å². The molecule has 6 nitrogen and oxygen atoms in total. The van der Waals surface area contributed by atoms with E-state index in [-0.39, 0.29) is 5.03 Å². The minimum absolute atomic E-state index is 0.151. The topological polar surface area (TPSA) is 81.2 Å². The summed E-state index contributed by atoms with van der Waals surface area (Å²) in [5.74, 6) is 0. The van der Waals surface area contributed by atoms with Crippen molar-refractivity contribution >= 4 is 15.7 Å². The van der Waals surface area contributed by atoms with Crippen molar-refractivity contribution in [3.8, 4) is 0 Å². The van der Waals surface area contributed by atoms with Crippen molar-refractivity contribution in [3.05, 3.63) is 42.1 Å². The number of rotatable bonds is 4. The van der Waals surface area contributed by atoms with Gasteiger partial charge in [0.05, 0.1) is 11.9 Å². The lowest BCUT2D eigenvalue weighted by Gasteiger charge is -2.19. The van der Waals surface area contributed by atoms with Gasteiger partial charge >= 0.3 is 0 Å². The Hall–Kier alpha value is -1.86. The lowest BCUT2D eigenvalue weighted by atomic mass is 10.2. The quantitative estimate of drug-likeness (QED) is 0.894. The van der Waals surface area contributed by atoms with Crippen LogP contribution in [0.2, 0.25) is 0 Å². The molecule has 0 aliphatic rings. The zero-order valence-corrected chi connectivity index (χ0v) is 11.6. The van der Waals surface area contributed by atoms with Crippen molar-refractivity contribution in [1.82, 2.24) is 9.78 Å². The number of aryl methyl sites for hydroxylation is 1. The average molecular weight is 280 g/mol. The highest BCUT2D eigenvalue weighted by Gasteiger charge is 2.24. The van der Waals surface area contributed by atoms with Gasteiger partial charge in [0.15, 0.2) is 5.03 Å². The van der Waals surface area contributed by atoms with E-state index in [9.17, 15) is 8.42 Å². The molecule has 1 aromatic heterocycles. The number of nitrogens with two attached hydrogens (primary N) is 1. The molecule has 0 aliphatic heterocycles. The molecule has 2 N–H and O–H groups in total. The maximum absolute atomic E-state index is 12.4. The number of hydrogen-bond acceptors (Lipinski definition) is 4. The van der Waals surface area contributed by atoms with Gasteiger partial charge in [-0.15, -0.1) is 0 Å². The maximum Gasteiger partial charge on any atom is 0.281 e. The number of sulfonamides is 1. The summed E-state index contributed by atoms with van der Waals surface area (Å²) in [5, 5.41) is 4.03. The Morgan fingerprint density at radius 2 is 1.89 bits per heavy atom. The SMILES string of the molecule is CN(c1ccc(CN)cc1)S(=O)(=O)c1ccnn1C. The van der Waals surface area contributed by atoms with Crippen LogP contribution in [0.4, 0.5) is 5.69 Å². The van der Waals surface area contributed by atoms with Crippen molar-refractivity contribution in [2.45, 2.75) is 11.6 Å². The predicted molar refractivity (Wildman–Crippen MR) is 73.1 cm³/mol. The van der Waals surface area contributed by atoms with Gasteiger partial charge in [0, 0.05) is 20.6 Å². The number of nitrogens with zero attached hydrogens (tertiary/aromatic N) is 3. The molecule has 0 spiro atoms. The Kier molecular flexibility index (Phi) is 3.59. The van der Waals surface area contributed by atoms with E-state index in [0.29, 0.717) is 12.2 Å². The first-order valence-electron chi connectivity index (χ1n) is 5.73. The van der Waals surface area contributed by atoms with Gasteiger partial charge in [-0.3, -0.25) is 8.99 Å². The molecule has 0 amide bonds. The van der Waals surface area contributed by atoms with Crippen molar-refractivity contribution in [1.29, 1.82) is 0 Å². The molecular formula is C12H16N4O2S. The standard InChI is InChI=1S/C12H16N4O2S/c1-15-12(7-8-14-15)19(17,18)16(2)11-5-3-10(9-13)4-6-11/h3-8H,9,13H2,1-2H3. The van der Waals surface area contributed by atoms with Gasteiger partial charge in [-0.25, -0.2) is 0 Å². The number of aromatic nitrogens is 2. The minimum Gasteiger partial charge on any atom is -0.326 e. The molecule has 19 heavy (non-hydrogen) atoms. The van der Waals surface area contributed by atoms with Crippen LogP contribution in [0.1, 0.15) is 5.56 Å². The summed E-state index contributed by atoms with van der Waals surface area (Å²) < 4.78 is 27.4. The van der Waals surface area contributed by atoms with Crippen molar-refractivity contribution in [2.24, 2.45) is 12.8 Å². The van der Waals surface area contributed by atoms with E-state index >= 15 is 0 Å². The largest absolute Gasteiger partial charge is 0.326 e. The maximum atomic E-state index is 12.4. The van der Waals surface area contributed by atoms with Crippen molar-refractivity contribution in [3.63, 3.8) is 0 Å². The Labute approximate surface area is 112 Å². The number of anilines is 1. The summed E-state index contributed by atoms with van der Waals surface area (Å²) in [7, 11) is -0.487. The first kappa shape index (κ1) is 13.6.